The highest BCUT2D eigenvalue weighted by Gasteiger charge is 2.23. The van der Waals surface area contributed by atoms with E-state index < -0.39 is 0 Å². The van der Waals surface area contributed by atoms with Crippen molar-refractivity contribution in [2.45, 2.75) is 52.1 Å². The Hall–Kier alpha value is -2.88. The molecule has 1 aromatic carbocycles. The number of rotatable bonds is 10. The van der Waals surface area contributed by atoms with Gasteiger partial charge in [0, 0.05) is 42.3 Å². The molecule has 1 aliphatic heterocycles. The molecule has 40 heavy (non-hydrogen) atoms. The van der Waals surface area contributed by atoms with Crippen LogP contribution in [0.15, 0.2) is 75.6 Å². The molecular weight excluding hydrogens is 543 g/mol. The van der Waals surface area contributed by atoms with Crippen LogP contribution in [0.2, 0.25) is 0 Å². The third-order valence-electron chi connectivity index (χ3n) is 7.45. The summed E-state index contributed by atoms with van der Waals surface area (Å²) >= 11 is 12.8. The van der Waals surface area contributed by atoms with Crippen LogP contribution < -0.4 is 17.4 Å². The zero-order chi connectivity index (χ0) is 28.6. The molecule has 6 N–H and O–H groups in total. The number of hydrazine groups is 1. The van der Waals surface area contributed by atoms with Crippen LogP contribution in [0.4, 0.5) is 5.82 Å². The summed E-state index contributed by atoms with van der Waals surface area (Å²) in [4.78, 5) is 9.58. The largest absolute Gasteiger partial charge is 0.383 e. The Morgan fingerprint density at radius 1 is 1.15 bits per heavy atom. The number of hydrazone groups is 1. The van der Waals surface area contributed by atoms with Crippen LogP contribution in [-0.2, 0) is 6.54 Å². The normalized spacial score (nSPS) is 17.4. The smallest absolute Gasteiger partial charge is 0.177 e. The maximum absolute atomic E-state index is 6.49. The van der Waals surface area contributed by atoms with Gasteiger partial charge < -0.3 is 16.5 Å². The number of anilines is 1. The second kappa shape index (κ2) is 14.1. The molecule has 2 aromatic rings. The zero-order valence-corrected chi connectivity index (χ0v) is 24.9. The van der Waals surface area contributed by atoms with Crippen molar-refractivity contribution in [2.24, 2.45) is 16.8 Å². The molecule has 2 aliphatic rings. The minimum absolute atomic E-state index is 0.217. The van der Waals surface area contributed by atoms with Crippen molar-refractivity contribution in [3.63, 3.8) is 0 Å². The Bertz CT molecular complexity index is 1280. The second-order valence-electron chi connectivity index (χ2n) is 10.4. The number of allylic oxidation sites excluding steroid dienone is 5. The van der Waals surface area contributed by atoms with Crippen LogP contribution in [0.3, 0.4) is 0 Å². The highest BCUT2D eigenvalue weighted by molar-refractivity contribution is 6.41. The SMILES string of the molecule is CCCN(Cc1ccc(-c2cnc(N)c(/C(=N/N)N(N)C3=CC=CCC(Cl)=C3Cl)c2)cc1)C(C)CN1CCCC1. The molecule has 0 saturated carbocycles. The standard InChI is InChI=1S/C30H40Cl2N8/c1-3-14-39(21(2)19-38-15-6-7-16-38)20-22-10-12-23(13-11-22)24-17-25(29(33)36-18-24)30(37-34)40(35)27-9-5-4-8-26(31)28(27)32/h4-5,9-13,17-18,21H,3,6-8,14-16,19-20,34-35H2,1-2H3,(H2,33,36)/b37-30-. The van der Waals surface area contributed by atoms with E-state index in [0.29, 0.717) is 33.8 Å². The number of aromatic nitrogens is 1. The Kier molecular flexibility index (Phi) is 10.6. The van der Waals surface area contributed by atoms with Crippen LogP contribution in [-0.4, -0.2) is 57.8 Å². The average Bonchev–Trinajstić information content (AvgIpc) is 3.41. The lowest BCUT2D eigenvalue weighted by atomic mass is 10.0. The Balaban J connectivity index is 1.53. The highest BCUT2D eigenvalue weighted by atomic mass is 35.5. The summed E-state index contributed by atoms with van der Waals surface area (Å²) in [6.07, 6.45) is 11.5. The van der Waals surface area contributed by atoms with E-state index in [0.717, 1.165) is 37.2 Å². The molecule has 1 saturated heterocycles. The molecule has 1 fully saturated rings. The van der Waals surface area contributed by atoms with Gasteiger partial charge >= 0.3 is 0 Å². The number of amidine groups is 1. The summed E-state index contributed by atoms with van der Waals surface area (Å²) in [5.41, 5.74) is 10.3. The number of halogens is 2. The third kappa shape index (κ3) is 7.25. The molecule has 10 heteroatoms. The lowest BCUT2D eigenvalue weighted by molar-refractivity contribution is 0.155. The fraction of sp³-hybridized carbons (Fsp3) is 0.400. The summed E-state index contributed by atoms with van der Waals surface area (Å²) in [7, 11) is 0. The van der Waals surface area contributed by atoms with Gasteiger partial charge in [0.25, 0.3) is 0 Å². The minimum Gasteiger partial charge on any atom is -0.383 e. The molecule has 8 nitrogen and oxygen atoms in total. The number of nitrogens with two attached hydrogens (primary N) is 3. The van der Waals surface area contributed by atoms with Gasteiger partial charge in [0.2, 0.25) is 0 Å². The summed E-state index contributed by atoms with van der Waals surface area (Å²) in [6.45, 7) is 10.2. The number of nitrogens with zero attached hydrogens (tertiary/aromatic N) is 5. The summed E-state index contributed by atoms with van der Waals surface area (Å²) in [6, 6.07) is 11.0. The van der Waals surface area contributed by atoms with Gasteiger partial charge in [-0.05, 0) is 69.1 Å². The van der Waals surface area contributed by atoms with Crippen molar-refractivity contribution >= 4 is 34.9 Å². The lowest BCUT2D eigenvalue weighted by Crippen LogP contribution is -2.41. The first-order valence-corrected chi connectivity index (χ1v) is 14.6. The molecule has 1 aliphatic carbocycles. The van der Waals surface area contributed by atoms with Gasteiger partial charge in [0.15, 0.2) is 5.84 Å². The maximum Gasteiger partial charge on any atom is 0.177 e. The molecule has 0 bridgehead atoms. The molecule has 214 valence electrons. The van der Waals surface area contributed by atoms with Crippen molar-refractivity contribution in [1.29, 1.82) is 0 Å². The van der Waals surface area contributed by atoms with E-state index in [9.17, 15) is 0 Å². The van der Waals surface area contributed by atoms with E-state index in [1.807, 2.05) is 18.2 Å². The number of likely N-dealkylation sites (tertiary alicyclic amines) is 1. The summed E-state index contributed by atoms with van der Waals surface area (Å²) < 4.78 is 0. The lowest BCUT2D eigenvalue weighted by Gasteiger charge is -2.32. The van der Waals surface area contributed by atoms with Gasteiger partial charge in [0.1, 0.15) is 5.82 Å². The highest BCUT2D eigenvalue weighted by Crippen LogP contribution is 2.30. The maximum atomic E-state index is 6.49. The van der Waals surface area contributed by atoms with Gasteiger partial charge in [-0.15, -0.1) is 0 Å². The van der Waals surface area contributed by atoms with Gasteiger partial charge in [-0.25, -0.2) is 10.8 Å². The van der Waals surface area contributed by atoms with E-state index in [1.165, 1.54) is 36.5 Å². The molecule has 1 aromatic heterocycles. The number of hydrogen-bond acceptors (Lipinski definition) is 7. The van der Waals surface area contributed by atoms with Gasteiger partial charge in [-0.1, -0.05) is 66.5 Å². The Morgan fingerprint density at radius 3 is 2.55 bits per heavy atom. The number of pyridine rings is 1. The van der Waals surface area contributed by atoms with Gasteiger partial charge in [-0.2, -0.15) is 5.10 Å². The molecule has 2 heterocycles. The average molecular weight is 584 g/mol. The predicted molar refractivity (Wildman–Crippen MR) is 167 cm³/mol. The first-order valence-electron chi connectivity index (χ1n) is 13.9. The van der Waals surface area contributed by atoms with E-state index in [4.69, 9.17) is 40.6 Å². The van der Waals surface area contributed by atoms with E-state index in [-0.39, 0.29) is 11.7 Å². The summed E-state index contributed by atoms with van der Waals surface area (Å²) in [5, 5.41) is 6.01. The topological polar surface area (TPSA) is 113 Å². The van der Waals surface area contributed by atoms with Crippen LogP contribution >= 0.6 is 23.2 Å². The van der Waals surface area contributed by atoms with Crippen molar-refractivity contribution in [1.82, 2.24) is 19.8 Å². The zero-order valence-electron chi connectivity index (χ0n) is 23.4. The van der Waals surface area contributed by atoms with Gasteiger partial charge in [-0.3, -0.25) is 9.91 Å². The van der Waals surface area contributed by atoms with Crippen molar-refractivity contribution in [3.05, 3.63) is 81.6 Å². The first-order chi connectivity index (χ1) is 19.3. The van der Waals surface area contributed by atoms with Gasteiger partial charge in [0.05, 0.1) is 16.3 Å². The Labute approximate surface area is 247 Å². The fourth-order valence-corrected chi connectivity index (χ4v) is 5.66. The van der Waals surface area contributed by atoms with Crippen LogP contribution in [0.25, 0.3) is 11.1 Å². The monoisotopic (exact) mass is 582 g/mol. The third-order valence-corrected chi connectivity index (χ3v) is 8.31. The van der Waals surface area contributed by atoms with Crippen LogP contribution in [0, 0.1) is 0 Å². The minimum atomic E-state index is 0.217. The van der Waals surface area contributed by atoms with Crippen LogP contribution in [0.5, 0.6) is 0 Å². The predicted octanol–water partition coefficient (Wildman–Crippen LogP) is 5.36. The molecular formula is C30H40Cl2N8. The molecule has 0 amide bonds. The van der Waals surface area contributed by atoms with E-state index in [2.05, 4.69) is 58.0 Å². The summed E-state index contributed by atoms with van der Waals surface area (Å²) in [5.74, 6) is 12.7. The van der Waals surface area contributed by atoms with Crippen LogP contribution in [0.1, 0.15) is 50.7 Å². The number of benzene rings is 1. The molecule has 4 rings (SSSR count). The molecule has 1 atom stereocenters. The van der Waals surface area contributed by atoms with E-state index >= 15 is 0 Å². The number of nitrogen functional groups attached to an aromatic ring is 1. The van der Waals surface area contributed by atoms with Crippen molar-refractivity contribution < 1.29 is 0 Å². The molecule has 0 radical (unpaired) electrons. The van der Waals surface area contributed by atoms with Crippen molar-refractivity contribution in [2.75, 3.05) is 31.9 Å². The number of hydrogen-bond donors (Lipinski definition) is 3. The molecule has 1 unspecified atom stereocenters. The first kappa shape index (κ1) is 30.1. The fourth-order valence-electron chi connectivity index (χ4n) is 5.24. The second-order valence-corrected chi connectivity index (χ2v) is 11.2. The Morgan fingerprint density at radius 2 is 1.88 bits per heavy atom. The van der Waals surface area contributed by atoms with E-state index in [1.54, 1.807) is 12.3 Å². The van der Waals surface area contributed by atoms with Crippen molar-refractivity contribution in [3.8, 4) is 11.1 Å². The molecule has 0 spiro atoms. The quantitative estimate of drug-likeness (QED) is 0.150.